The van der Waals surface area contributed by atoms with Crippen LogP contribution in [0.3, 0.4) is 0 Å². The predicted octanol–water partition coefficient (Wildman–Crippen LogP) is 3.68. The van der Waals surface area contributed by atoms with Crippen molar-refractivity contribution in [3.63, 3.8) is 0 Å². The number of nitrogens with two attached hydrogens (primary N) is 1. The third-order valence-corrected chi connectivity index (χ3v) is 3.22. The van der Waals surface area contributed by atoms with Crippen molar-refractivity contribution in [3.8, 4) is 0 Å². The van der Waals surface area contributed by atoms with Crippen molar-refractivity contribution >= 4 is 11.4 Å². The highest BCUT2D eigenvalue weighted by Gasteiger charge is 2.02. The van der Waals surface area contributed by atoms with Crippen molar-refractivity contribution in [2.24, 2.45) is 0 Å². The first-order valence-electron chi connectivity index (χ1n) is 6.41. The van der Waals surface area contributed by atoms with Gasteiger partial charge in [0.05, 0.1) is 11.4 Å². The third-order valence-electron chi connectivity index (χ3n) is 3.22. The largest absolute Gasteiger partial charge is 0.397 e. The smallest absolute Gasteiger partial charge is 0.125 e. The average molecular weight is 258 g/mol. The monoisotopic (exact) mass is 258 g/mol. The molecule has 0 heterocycles. The molecule has 2 rings (SSSR count). The van der Waals surface area contributed by atoms with Gasteiger partial charge < -0.3 is 11.1 Å². The molecule has 0 aliphatic carbocycles. The highest BCUT2D eigenvalue weighted by atomic mass is 19.1. The van der Waals surface area contributed by atoms with Gasteiger partial charge >= 0.3 is 0 Å². The predicted molar refractivity (Wildman–Crippen MR) is 78.9 cm³/mol. The van der Waals surface area contributed by atoms with Crippen LogP contribution in [-0.4, -0.2) is 6.54 Å². The van der Waals surface area contributed by atoms with Crippen molar-refractivity contribution in [3.05, 3.63) is 58.9 Å². The molecule has 0 amide bonds. The molecule has 0 saturated heterocycles. The summed E-state index contributed by atoms with van der Waals surface area (Å²) in [7, 11) is 0. The molecule has 0 atom stereocenters. The number of rotatable bonds is 4. The lowest BCUT2D eigenvalue weighted by Gasteiger charge is -2.11. The number of hydrogen-bond acceptors (Lipinski definition) is 2. The number of hydrogen-bond donors (Lipinski definition) is 2. The summed E-state index contributed by atoms with van der Waals surface area (Å²) in [6.07, 6.45) is 0.891. The van der Waals surface area contributed by atoms with Crippen LogP contribution in [0.25, 0.3) is 0 Å². The van der Waals surface area contributed by atoms with Crippen LogP contribution < -0.4 is 11.1 Å². The van der Waals surface area contributed by atoms with Crippen LogP contribution >= 0.6 is 0 Å². The van der Waals surface area contributed by atoms with Crippen molar-refractivity contribution in [1.82, 2.24) is 0 Å². The summed E-state index contributed by atoms with van der Waals surface area (Å²) in [6.45, 7) is 4.93. The van der Waals surface area contributed by atoms with Gasteiger partial charge in [0.2, 0.25) is 0 Å². The Morgan fingerprint density at radius 3 is 2.63 bits per heavy atom. The molecule has 0 saturated carbocycles. The first kappa shape index (κ1) is 13.4. The minimum Gasteiger partial charge on any atom is -0.397 e. The molecule has 0 aliphatic heterocycles. The average Bonchev–Trinajstić information content (AvgIpc) is 2.36. The van der Waals surface area contributed by atoms with Gasteiger partial charge in [0.15, 0.2) is 0 Å². The molecular weight excluding hydrogens is 239 g/mol. The van der Waals surface area contributed by atoms with E-state index >= 15 is 0 Å². The Balaban J connectivity index is 1.98. The molecule has 3 N–H and O–H groups in total. The highest BCUT2D eigenvalue weighted by Crippen LogP contribution is 2.19. The van der Waals surface area contributed by atoms with E-state index in [9.17, 15) is 4.39 Å². The minimum atomic E-state index is -0.275. The van der Waals surface area contributed by atoms with Crippen molar-refractivity contribution < 1.29 is 4.39 Å². The Hall–Kier alpha value is -2.03. The van der Waals surface area contributed by atoms with E-state index in [1.54, 1.807) is 6.07 Å². The van der Waals surface area contributed by atoms with E-state index in [1.165, 1.54) is 28.8 Å². The zero-order valence-corrected chi connectivity index (χ0v) is 11.3. The molecule has 0 radical (unpaired) electrons. The van der Waals surface area contributed by atoms with Crippen LogP contribution in [0.1, 0.15) is 16.7 Å². The summed E-state index contributed by atoms with van der Waals surface area (Å²) < 4.78 is 13.1. The van der Waals surface area contributed by atoms with E-state index in [-0.39, 0.29) is 5.82 Å². The highest BCUT2D eigenvalue weighted by molar-refractivity contribution is 5.65. The van der Waals surface area contributed by atoms with Crippen LogP contribution in [0.4, 0.5) is 15.8 Å². The Labute approximate surface area is 113 Å². The minimum absolute atomic E-state index is 0.275. The van der Waals surface area contributed by atoms with Gasteiger partial charge in [0, 0.05) is 6.54 Å². The standard InChI is InChI=1S/C16H19FN2/c1-11-3-4-13(12(2)9-11)7-8-19-16-10-14(17)5-6-15(16)18/h3-6,9-10,19H,7-8,18H2,1-2H3. The van der Waals surface area contributed by atoms with Gasteiger partial charge in [0.1, 0.15) is 5.82 Å². The third kappa shape index (κ3) is 3.47. The van der Waals surface area contributed by atoms with Gasteiger partial charge in [0.25, 0.3) is 0 Å². The molecular formula is C16H19FN2. The second-order valence-corrected chi connectivity index (χ2v) is 4.84. The Bertz CT molecular complexity index is 579. The van der Waals surface area contributed by atoms with Gasteiger partial charge in [-0.15, -0.1) is 0 Å². The topological polar surface area (TPSA) is 38.0 Å². The molecule has 19 heavy (non-hydrogen) atoms. The van der Waals surface area contributed by atoms with E-state index < -0.39 is 0 Å². The molecule has 2 aromatic rings. The SMILES string of the molecule is Cc1ccc(CCNc2cc(F)ccc2N)c(C)c1. The molecule has 2 aromatic carbocycles. The molecule has 0 aromatic heterocycles. The summed E-state index contributed by atoms with van der Waals surface area (Å²) in [4.78, 5) is 0. The maximum absolute atomic E-state index is 13.1. The maximum atomic E-state index is 13.1. The molecule has 0 fully saturated rings. The number of benzene rings is 2. The van der Waals surface area contributed by atoms with Gasteiger partial charge in [-0.25, -0.2) is 4.39 Å². The first-order valence-corrected chi connectivity index (χ1v) is 6.41. The van der Waals surface area contributed by atoms with Crippen molar-refractivity contribution in [1.29, 1.82) is 0 Å². The Morgan fingerprint density at radius 2 is 1.89 bits per heavy atom. The molecule has 3 heteroatoms. The quantitative estimate of drug-likeness (QED) is 0.821. The number of nitrogen functional groups attached to an aromatic ring is 1. The van der Waals surface area contributed by atoms with Crippen molar-refractivity contribution in [2.45, 2.75) is 20.3 Å². The second-order valence-electron chi connectivity index (χ2n) is 4.84. The molecule has 0 bridgehead atoms. The first-order chi connectivity index (χ1) is 9.06. The lowest BCUT2D eigenvalue weighted by Crippen LogP contribution is -2.08. The van der Waals surface area contributed by atoms with Gasteiger partial charge in [-0.2, -0.15) is 0 Å². The molecule has 2 nitrogen and oxygen atoms in total. The fourth-order valence-electron chi connectivity index (χ4n) is 2.14. The second kappa shape index (κ2) is 5.74. The van der Waals surface area contributed by atoms with Crippen molar-refractivity contribution in [2.75, 3.05) is 17.6 Å². The number of anilines is 2. The van der Waals surface area contributed by atoms with E-state index in [0.29, 0.717) is 11.4 Å². The van der Waals surface area contributed by atoms with Gasteiger partial charge in [-0.05, 0) is 49.6 Å². The lowest BCUT2D eigenvalue weighted by atomic mass is 10.0. The number of aryl methyl sites for hydroxylation is 2. The number of halogens is 1. The van der Waals surface area contributed by atoms with E-state index in [4.69, 9.17) is 5.73 Å². The van der Waals surface area contributed by atoms with Crippen LogP contribution in [0.15, 0.2) is 36.4 Å². The van der Waals surface area contributed by atoms with Crippen LogP contribution in [0, 0.1) is 19.7 Å². The van der Waals surface area contributed by atoms with Crippen LogP contribution in [-0.2, 0) is 6.42 Å². The van der Waals surface area contributed by atoms with Gasteiger partial charge in [-0.3, -0.25) is 0 Å². The summed E-state index contributed by atoms with van der Waals surface area (Å²) in [6, 6.07) is 10.8. The fourth-order valence-corrected chi connectivity index (χ4v) is 2.14. The summed E-state index contributed by atoms with van der Waals surface area (Å²) >= 11 is 0. The molecule has 0 aliphatic rings. The van der Waals surface area contributed by atoms with Gasteiger partial charge in [-0.1, -0.05) is 23.8 Å². The van der Waals surface area contributed by atoms with E-state index in [1.807, 2.05) is 0 Å². The lowest BCUT2D eigenvalue weighted by molar-refractivity contribution is 0.628. The van der Waals surface area contributed by atoms with E-state index in [0.717, 1.165) is 13.0 Å². The summed E-state index contributed by atoms with van der Waals surface area (Å²) in [5.41, 5.74) is 10.9. The molecule has 0 unspecified atom stereocenters. The van der Waals surface area contributed by atoms with Crippen LogP contribution in [0.2, 0.25) is 0 Å². The van der Waals surface area contributed by atoms with Crippen LogP contribution in [0.5, 0.6) is 0 Å². The maximum Gasteiger partial charge on any atom is 0.125 e. The van der Waals surface area contributed by atoms with E-state index in [2.05, 4.69) is 37.4 Å². The molecule has 0 spiro atoms. The fraction of sp³-hybridized carbons (Fsp3) is 0.250. The Morgan fingerprint density at radius 1 is 1.11 bits per heavy atom. The summed E-state index contributed by atoms with van der Waals surface area (Å²) in [5, 5.41) is 3.18. The Kier molecular flexibility index (Phi) is 4.05. The summed E-state index contributed by atoms with van der Waals surface area (Å²) in [5.74, 6) is -0.275. The molecule has 100 valence electrons. The number of nitrogens with one attached hydrogen (secondary N) is 1. The normalized spacial score (nSPS) is 10.5. The zero-order valence-electron chi connectivity index (χ0n) is 11.3. The zero-order chi connectivity index (χ0) is 13.8.